The Labute approximate surface area is 350 Å². The first-order valence-corrected chi connectivity index (χ1v) is 20.5. The molecule has 6 heteroatoms. The van der Waals surface area contributed by atoms with E-state index in [-0.39, 0.29) is 5.56 Å². The van der Waals surface area contributed by atoms with Crippen molar-refractivity contribution in [2.75, 3.05) is 0 Å². The molecule has 0 amide bonds. The molecule has 0 aliphatic heterocycles. The van der Waals surface area contributed by atoms with E-state index in [0.29, 0.717) is 11.3 Å². The number of hydrogen-bond donors (Lipinski definition) is 0. The van der Waals surface area contributed by atoms with E-state index >= 15 is 0 Å². The van der Waals surface area contributed by atoms with Crippen molar-refractivity contribution in [3.63, 3.8) is 0 Å². The molecule has 4 heterocycles. The quantitative estimate of drug-likeness (QED) is 0.169. The smallest absolute Gasteiger partial charge is 0.263 e. The third-order valence-corrected chi connectivity index (χ3v) is 11.9. The van der Waals surface area contributed by atoms with E-state index in [9.17, 15) is 4.79 Å². The third kappa shape index (κ3) is 5.54. The van der Waals surface area contributed by atoms with Gasteiger partial charge in [-0.25, -0.2) is 9.97 Å². The maximum Gasteiger partial charge on any atom is 0.263 e. The van der Waals surface area contributed by atoms with Crippen LogP contribution in [0.5, 0.6) is 0 Å². The van der Waals surface area contributed by atoms with Crippen molar-refractivity contribution in [3.8, 4) is 51.0 Å². The van der Waals surface area contributed by atoms with Crippen LogP contribution >= 0.6 is 0 Å². The van der Waals surface area contributed by atoms with Crippen molar-refractivity contribution in [3.05, 3.63) is 223 Å². The van der Waals surface area contributed by atoms with Crippen LogP contribution in [0.3, 0.4) is 0 Å². The summed E-state index contributed by atoms with van der Waals surface area (Å²) in [7, 11) is 0. The highest BCUT2D eigenvalue weighted by Gasteiger charge is 2.24. The zero-order chi connectivity index (χ0) is 40.4. The first-order chi connectivity index (χ1) is 30.2. The number of pyridine rings is 1. The van der Waals surface area contributed by atoms with Gasteiger partial charge in [0.2, 0.25) is 5.95 Å². The molecule has 0 aliphatic rings. The highest BCUT2D eigenvalue weighted by atomic mass is 16.1. The van der Waals surface area contributed by atoms with Crippen LogP contribution in [-0.4, -0.2) is 23.7 Å². The fourth-order valence-electron chi connectivity index (χ4n) is 9.11. The number of benzene rings is 8. The zero-order valence-corrected chi connectivity index (χ0v) is 32.9. The van der Waals surface area contributed by atoms with Crippen LogP contribution in [0.1, 0.15) is 0 Å². The lowest BCUT2D eigenvalue weighted by Crippen LogP contribution is -2.19. The second kappa shape index (κ2) is 13.9. The molecule has 6 nitrogen and oxygen atoms in total. The van der Waals surface area contributed by atoms with Gasteiger partial charge in [0.25, 0.3) is 5.56 Å². The molecule has 0 saturated heterocycles. The number of aromatic nitrogens is 5. The van der Waals surface area contributed by atoms with E-state index in [4.69, 9.17) is 9.97 Å². The summed E-state index contributed by atoms with van der Waals surface area (Å²) in [5.74, 6) is 0.520. The highest BCUT2D eigenvalue weighted by Crippen LogP contribution is 2.40. The minimum Gasteiger partial charge on any atom is -0.309 e. The number of para-hydroxylation sites is 3. The Hall–Kier alpha value is -8.35. The fourth-order valence-corrected chi connectivity index (χ4v) is 9.11. The molecule has 0 aliphatic carbocycles. The molecular weight excluding hydrogens is 747 g/mol. The molecule has 0 spiro atoms. The summed E-state index contributed by atoms with van der Waals surface area (Å²) in [6.45, 7) is 0. The molecule has 286 valence electrons. The average molecular weight is 782 g/mol. The van der Waals surface area contributed by atoms with Gasteiger partial charge < -0.3 is 4.57 Å². The maximum absolute atomic E-state index is 14.9. The SMILES string of the molecule is O=c1c2ccccc2c2c(c3cc(-c4ccc5c(c4)c4ccccc4n5-c4ccccc4)ccc3n2-c2nc(-c3ccccc3)cc(-c3ccccc3)n2)n1-c1ccccc1. The normalized spacial score (nSPS) is 11.7. The van der Waals surface area contributed by atoms with Crippen LogP contribution < -0.4 is 5.56 Å². The lowest BCUT2D eigenvalue weighted by Gasteiger charge is -2.14. The van der Waals surface area contributed by atoms with E-state index in [1.54, 1.807) is 0 Å². The van der Waals surface area contributed by atoms with Gasteiger partial charge in [0.15, 0.2) is 0 Å². The monoisotopic (exact) mass is 781 g/mol. The van der Waals surface area contributed by atoms with Crippen molar-refractivity contribution >= 4 is 54.5 Å². The molecule has 4 aromatic heterocycles. The van der Waals surface area contributed by atoms with E-state index < -0.39 is 0 Å². The molecule has 0 bridgehead atoms. The third-order valence-electron chi connectivity index (χ3n) is 11.9. The molecule has 0 unspecified atom stereocenters. The predicted molar refractivity (Wildman–Crippen MR) is 250 cm³/mol. The van der Waals surface area contributed by atoms with E-state index in [2.05, 4.69) is 130 Å². The first kappa shape index (κ1) is 34.7. The molecular formula is C55H35N5O. The topological polar surface area (TPSA) is 57.6 Å². The summed E-state index contributed by atoms with van der Waals surface area (Å²) in [6, 6.07) is 72.8. The van der Waals surface area contributed by atoms with Crippen LogP contribution in [-0.2, 0) is 0 Å². The van der Waals surface area contributed by atoms with Gasteiger partial charge in [0.05, 0.1) is 39.0 Å². The van der Waals surface area contributed by atoms with Crippen LogP contribution in [0.25, 0.3) is 105 Å². The molecule has 8 aromatic carbocycles. The maximum atomic E-state index is 14.9. The van der Waals surface area contributed by atoms with Gasteiger partial charge in [0.1, 0.15) is 0 Å². The Bertz CT molecular complexity index is 3640. The molecule has 12 aromatic rings. The van der Waals surface area contributed by atoms with Crippen molar-refractivity contribution in [2.24, 2.45) is 0 Å². The minimum atomic E-state index is -0.0853. The van der Waals surface area contributed by atoms with Gasteiger partial charge in [-0.3, -0.25) is 13.9 Å². The Balaban J connectivity index is 1.19. The first-order valence-electron chi connectivity index (χ1n) is 20.5. The Morgan fingerprint density at radius 1 is 0.311 bits per heavy atom. The number of fused-ring (bicyclic) bond motifs is 8. The zero-order valence-electron chi connectivity index (χ0n) is 32.9. The lowest BCUT2D eigenvalue weighted by atomic mass is 10.0. The minimum absolute atomic E-state index is 0.0853. The van der Waals surface area contributed by atoms with Gasteiger partial charge in [-0.05, 0) is 77.9 Å². The van der Waals surface area contributed by atoms with Gasteiger partial charge >= 0.3 is 0 Å². The predicted octanol–water partition coefficient (Wildman–Crippen LogP) is 13.0. The summed E-state index contributed by atoms with van der Waals surface area (Å²) < 4.78 is 6.36. The van der Waals surface area contributed by atoms with Crippen molar-refractivity contribution in [1.29, 1.82) is 0 Å². The Morgan fingerprint density at radius 3 is 1.36 bits per heavy atom. The standard InChI is InChI=1S/C55H35N5O/c61-54-44-27-14-13-26-43(44)52-53(59(54)41-23-11-4-12-24-41)46-34-39(38-29-31-50-45(33-38)42-25-15-16-28-49(42)58(50)40-21-9-3-10-22-40)30-32-51(46)60(52)55-56-47(36-17-5-1-6-18-36)35-48(57-55)37-19-7-2-8-20-37/h1-35H. The van der Waals surface area contributed by atoms with E-state index in [1.165, 1.54) is 10.8 Å². The largest absolute Gasteiger partial charge is 0.309 e. The Morgan fingerprint density at radius 2 is 0.754 bits per heavy atom. The Kier molecular flexibility index (Phi) is 7.90. The molecule has 0 saturated carbocycles. The summed E-state index contributed by atoms with van der Waals surface area (Å²) >= 11 is 0. The summed E-state index contributed by atoms with van der Waals surface area (Å²) in [5, 5.41) is 4.73. The molecule has 61 heavy (non-hydrogen) atoms. The lowest BCUT2D eigenvalue weighted by molar-refractivity contribution is 0.992. The van der Waals surface area contributed by atoms with Crippen molar-refractivity contribution in [2.45, 2.75) is 0 Å². The van der Waals surface area contributed by atoms with Crippen LogP contribution in [0, 0.1) is 0 Å². The van der Waals surface area contributed by atoms with Gasteiger partial charge in [-0.1, -0.05) is 146 Å². The average Bonchev–Trinajstić information content (AvgIpc) is 3.85. The molecule has 0 fully saturated rings. The number of rotatable bonds is 6. The molecule has 0 N–H and O–H groups in total. The van der Waals surface area contributed by atoms with Gasteiger partial charge in [0, 0.05) is 49.4 Å². The number of hydrogen-bond acceptors (Lipinski definition) is 3. The van der Waals surface area contributed by atoms with Crippen molar-refractivity contribution in [1.82, 2.24) is 23.7 Å². The number of nitrogens with zero attached hydrogens (tertiary/aromatic N) is 5. The second-order valence-electron chi connectivity index (χ2n) is 15.4. The summed E-state index contributed by atoms with van der Waals surface area (Å²) in [5.41, 5.74) is 12.4. The molecule has 12 rings (SSSR count). The van der Waals surface area contributed by atoms with E-state index in [1.807, 2.05) is 95.6 Å². The van der Waals surface area contributed by atoms with Crippen LogP contribution in [0.2, 0.25) is 0 Å². The highest BCUT2D eigenvalue weighted by molar-refractivity contribution is 6.18. The molecule has 0 radical (unpaired) electrons. The van der Waals surface area contributed by atoms with Crippen molar-refractivity contribution < 1.29 is 0 Å². The van der Waals surface area contributed by atoms with Gasteiger partial charge in [-0.15, -0.1) is 0 Å². The fraction of sp³-hybridized carbons (Fsp3) is 0. The van der Waals surface area contributed by atoms with E-state index in [0.717, 1.165) is 83.4 Å². The van der Waals surface area contributed by atoms with Gasteiger partial charge in [-0.2, -0.15) is 0 Å². The van der Waals surface area contributed by atoms with Crippen LogP contribution in [0.4, 0.5) is 0 Å². The molecule has 0 atom stereocenters. The summed E-state index contributed by atoms with van der Waals surface area (Å²) in [4.78, 5) is 25.5. The second-order valence-corrected chi connectivity index (χ2v) is 15.4. The van der Waals surface area contributed by atoms with Crippen LogP contribution in [0.15, 0.2) is 217 Å². The summed E-state index contributed by atoms with van der Waals surface area (Å²) in [6.07, 6.45) is 0.